The molecule has 0 radical (unpaired) electrons. The van der Waals surface area contributed by atoms with E-state index >= 15 is 0 Å². The van der Waals surface area contributed by atoms with Crippen LogP contribution in [-0.4, -0.2) is 31.9 Å². The topological polar surface area (TPSA) is 105 Å². The Labute approximate surface area is 108 Å². The van der Waals surface area contributed by atoms with E-state index in [-0.39, 0.29) is 17.9 Å². The molecule has 0 atom stereocenters. The summed E-state index contributed by atoms with van der Waals surface area (Å²) in [7, 11) is 0. The van der Waals surface area contributed by atoms with E-state index in [9.17, 15) is 9.59 Å². The van der Waals surface area contributed by atoms with Crippen LogP contribution in [0.5, 0.6) is 0 Å². The van der Waals surface area contributed by atoms with Crippen molar-refractivity contribution in [3.8, 4) is 0 Å². The minimum Gasteiger partial charge on any atom is -0.476 e. The lowest BCUT2D eigenvalue weighted by Crippen LogP contribution is -2.27. The second-order valence-corrected chi connectivity index (χ2v) is 3.56. The number of rotatable bonds is 4. The van der Waals surface area contributed by atoms with Gasteiger partial charge in [0.2, 0.25) is 0 Å². The maximum atomic E-state index is 11.8. The number of carbonyl (C=O) groups is 2. The number of carbonyl (C=O) groups excluding carboxylic acids is 1. The summed E-state index contributed by atoms with van der Waals surface area (Å²) < 4.78 is 0. The zero-order valence-electron chi connectivity index (χ0n) is 9.78. The Hall–Kier alpha value is -2.83. The minimum absolute atomic E-state index is 0.190. The maximum Gasteiger partial charge on any atom is 0.356 e. The number of nitrogens with one attached hydrogen (secondary N) is 1. The quantitative estimate of drug-likeness (QED) is 0.827. The molecule has 2 rings (SSSR count). The van der Waals surface area contributed by atoms with Crippen LogP contribution in [0.25, 0.3) is 0 Å². The Morgan fingerprint density at radius 1 is 1.05 bits per heavy atom. The van der Waals surface area contributed by atoms with Gasteiger partial charge < -0.3 is 10.4 Å². The molecule has 0 spiro atoms. The average Bonchev–Trinajstić information content (AvgIpc) is 2.46. The smallest absolute Gasteiger partial charge is 0.356 e. The van der Waals surface area contributed by atoms with Crippen LogP contribution in [0.2, 0.25) is 0 Å². The number of nitrogens with zero attached hydrogens (tertiary/aromatic N) is 3. The van der Waals surface area contributed by atoms with E-state index in [1.165, 1.54) is 12.4 Å². The van der Waals surface area contributed by atoms with E-state index in [1.54, 1.807) is 24.4 Å². The molecule has 0 aliphatic rings. The first-order chi connectivity index (χ1) is 9.18. The van der Waals surface area contributed by atoms with Gasteiger partial charge in [-0.05, 0) is 12.1 Å². The first-order valence-corrected chi connectivity index (χ1v) is 5.41. The molecule has 96 valence electrons. The van der Waals surface area contributed by atoms with Gasteiger partial charge in [0.15, 0.2) is 11.4 Å². The number of carboxylic acids is 1. The molecule has 0 aliphatic carbocycles. The third-order valence-corrected chi connectivity index (χ3v) is 2.27. The van der Waals surface area contributed by atoms with E-state index in [2.05, 4.69) is 20.3 Å². The summed E-state index contributed by atoms with van der Waals surface area (Å²) in [6.45, 7) is 0.190. The van der Waals surface area contributed by atoms with Gasteiger partial charge in [-0.25, -0.2) is 14.8 Å². The van der Waals surface area contributed by atoms with Gasteiger partial charge in [0, 0.05) is 18.6 Å². The molecule has 19 heavy (non-hydrogen) atoms. The molecule has 2 N–H and O–H groups in total. The van der Waals surface area contributed by atoms with Crippen molar-refractivity contribution in [2.75, 3.05) is 0 Å². The molecule has 0 aliphatic heterocycles. The van der Waals surface area contributed by atoms with E-state index in [1.807, 2.05) is 0 Å². The molecule has 0 saturated heterocycles. The highest BCUT2D eigenvalue weighted by atomic mass is 16.4. The fourth-order valence-electron chi connectivity index (χ4n) is 1.42. The number of carboxylic acid groups (broad SMARTS) is 1. The normalized spacial score (nSPS) is 9.89. The monoisotopic (exact) mass is 258 g/mol. The second-order valence-electron chi connectivity index (χ2n) is 3.56. The lowest BCUT2D eigenvalue weighted by Gasteiger charge is -2.05. The molecule has 0 fully saturated rings. The van der Waals surface area contributed by atoms with Gasteiger partial charge in [0.25, 0.3) is 5.91 Å². The Balaban J connectivity index is 2.10. The molecule has 2 heterocycles. The number of amides is 1. The van der Waals surface area contributed by atoms with Crippen molar-refractivity contribution in [1.29, 1.82) is 0 Å². The third-order valence-electron chi connectivity index (χ3n) is 2.27. The lowest BCUT2D eigenvalue weighted by atomic mass is 10.2. The SMILES string of the molecule is O=C(O)c1nccnc1C(=O)NCc1ccccn1. The van der Waals surface area contributed by atoms with Gasteiger partial charge >= 0.3 is 5.97 Å². The molecule has 2 aromatic rings. The molecular formula is C12H10N4O3. The van der Waals surface area contributed by atoms with E-state index in [0.717, 1.165) is 0 Å². The standard InChI is InChI=1S/C12H10N4O3/c17-11(16-7-8-3-1-2-4-13-8)9-10(12(18)19)15-6-5-14-9/h1-6H,7H2,(H,16,17)(H,18,19). The number of hydrogen-bond donors (Lipinski definition) is 2. The first kappa shape index (κ1) is 12.6. The van der Waals surface area contributed by atoms with Crippen molar-refractivity contribution >= 4 is 11.9 Å². The molecule has 2 aromatic heterocycles. The molecule has 0 bridgehead atoms. The summed E-state index contributed by atoms with van der Waals surface area (Å²) in [5.74, 6) is -1.90. The molecule has 7 heteroatoms. The van der Waals surface area contributed by atoms with Crippen LogP contribution < -0.4 is 5.32 Å². The van der Waals surface area contributed by atoms with Crippen molar-refractivity contribution in [3.05, 3.63) is 53.9 Å². The molecule has 0 aromatic carbocycles. The van der Waals surface area contributed by atoms with Gasteiger partial charge in [0.05, 0.1) is 12.2 Å². The van der Waals surface area contributed by atoms with Crippen LogP contribution in [-0.2, 0) is 6.54 Å². The Morgan fingerprint density at radius 2 is 1.79 bits per heavy atom. The summed E-state index contributed by atoms with van der Waals surface area (Å²) in [4.78, 5) is 34.1. The Kier molecular flexibility index (Phi) is 3.77. The number of aromatic carboxylic acids is 1. The summed E-state index contributed by atoms with van der Waals surface area (Å²) in [5.41, 5.74) is 0.0727. The molecule has 1 amide bonds. The summed E-state index contributed by atoms with van der Waals surface area (Å²) in [6, 6.07) is 5.30. The summed E-state index contributed by atoms with van der Waals surface area (Å²) in [5, 5.41) is 11.4. The number of pyridine rings is 1. The highest BCUT2D eigenvalue weighted by molar-refractivity contribution is 6.01. The Morgan fingerprint density at radius 3 is 2.42 bits per heavy atom. The van der Waals surface area contributed by atoms with Crippen LogP contribution >= 0.6 is 0 Å². The lowest BCUT2D eigenvalue weighted by molar-refractivity contribution is 0.0683. The van der Waals surface area contributed by atoms with E-state index < -0.39 is 11.9 Å². The molecular weight excluding hydrogens is 248 g/mol. The second kappa shape index (κ2) is 5.67. The maximum absolute atomic E-state index is 11.8. The minimum atomic E-state index is -1.30. The highest BCUT2D eigenvalue weighted by Gasteiger charge is 2.18. The number of hydrogen-bond acceptors (Lipinski definition) is 5. The number of aromatic nitrogens is 3. The molecule has 0 saturated carbocycles. The van der Waals surface area contributed by atoms with Crippen molar-refractivity contribution in [1.82, 2.24) is 20.3 Å². The fourth-order valence-corrected chi connectivity index (χ4v) is 1.42. The Bertz CT molecular complexity index is 601. The van der Waals surface area contributed by atoms with Crippen LogP contribution in [0.3, 0.4) is 0 Å². The van der Waals surface area contributed by atoms with Gasteiger partial charge in [0.1, 0.15) is 0 Å². The van der Waals surface area contributed by atoms with Gasteiger partial charge in [-0.3, -0.25) is 9.78 Å². The molecule has 0 unspecified atom stereocenters. The highest BCUT2D eigenvalue weighted by Crippen LogP contribution is 2.02. The summed E-state index contributed by atoms with van der Waals surface area (Å²) >= 11 is 0. The van der Waals surface area contributed by atoms with Gasteiger partial charge in [-0.15, -0.1) is 0 Å². The van der Waals surface area contributed by atoms with Crippen molar-refractivity contribution in [3.63, 3.8) is 0 Å². The van der Waals surface area contributed by atoms with E-state index in [0.29, 0.717) is 5.69 Å². The van der Waals surface area contributed by atoms with Crippen molar-refractivity contribution < 1.29 is 14.7 Å². The van der Waals surface area contributed by atoms with E-state index in [4.69, 9.17) is 5.11 Å². The average molecular weight is 258 g/mol. The largest absolute Gasteiger partial charge is 0.476 e. The van der Waals surface area contributed by atoms with Crippen molar-refractivity contribution in [2.45, 2.75) is 6.54 Å². The van der Waals surface area contributed by atoms with Crippen LogP contribution in [0.15, 0.2) is 36.8 Å². The predicted octanol–water partition coefficient (Wildman–Crippen LogP) is 0.500. The third kappa shape index (κ3) is 3.09. The van der Waals surface area contributed by atoms with Crippen LogP contribution in [0.1, 0.15) is 26.7 Å². The molecule has 7 nitrogen and oxygen atoms in total. The van der Waals surface area contributed by atoms with Crippen molar-refractivity contribution in [2.24, 2.45) is 0 Å². The van der Waals surface area contributed by atoms with Crippen LogP contribution in [0.4, 0.5) is 0 Å². The van der Waals surface area contributed by atoms with Gasteiger partial charge in [-0.2, -0.15) is 0 Å². The zero-order valence-corrected chi connectivity index (χ0v) is 9.78. The summed E-state index contributed by atoms with van der Waals surface area (Å²) in [6.07, 6.45) is 4.09. The first-order valence-electron chi connectivity index (χ1n) is 5.41. The zero-order chi connectivity index (χ0) is 13.7. The van der Waals surface area contributed by atoms with Gasteiger partial charge in [-0.1, -0.05) is 6.07 Å². The fraction of sp³-hybridized carbons (Fsp3) is 0.0833. The van der Waals surface area contributed by atoms with Crippen LogP contribution in [0, 0.1) is 0 Å². The predicted molar refractivity (Wildman–Crippen MR) is 64.4 cm³/mol.